The van der Waals surface area contributed by atoms with Gasteiger partial charge in [-0.1, -0.05) is 23.7 Å². The molecule has 0 saturated carbocycles. The SMILES string of the molecule is O=C(C(=O)C(F)(F)F)C(F)(F)F.O=C(NCCN1CCOCC1)Nc1ccc2cc1CCc1cccc(c1)Nc1ncc(Cl)c(n1)N2. The van der Waals surface area contributed by atoms with Gasteiger partial charge in [0.15, 0.2) is 5.82 Å². The van der Waals surface area contributed by atoms with Crippen molar-refractivity contribution in [3.8, 4) is 0 Å². The molecule has 0 unspecified atom stereocenters. The summed E-state index contributed by atoms with van der Waals surface area (Å²) in [7, 11) is 0. The number of ketones is 2. The third-order valence-electron chi connectivity index (χ3n) is 6.76. The van der Waals surface area contributed by atoms with Crippen LogP contribution in [0.1, 0.15) is 11.1 Å². The zero-order valence-electron chi connectivity index (χ0n) is 24.4. The summed E-state index contributed by atoms with van der Waals surface area (Å²) in [5.74, 6) is -5.85. The lowest BCUT2D eigenvalue weighted by Gasteiger charge is -2.26. The van der Waals surface area contributed by atoms with E-state index in [1.54, 1.807) is 6.20 Å². The molecule has 0 radical (unpaired) electrons. The molecular formula is C29H28ClF6N7O4. The summed E-state index contributed by atoms with van der Waals surface area (Å²) in [6.07, 6.45) is -8.41. The number of ether oxygens (including phenoxy) is 1. The van der Waals surface area contributed by atoms with Gasteiger partial charge in [0.1, 0.15) is 5.02 Å². The summed E-state index contributed by atoms with van der Waals surface area (Å²) >= 11 is 6.35. The number of aromatic nitrogens is 2. The maximum absolute atomic E-state index is 12.6. The van der Waals surface area contributed by atoms with Crippen LogP contribution >= 0.6 is 11.6 Å². The van der Waals surface area contributed by atoms with Crippen LogP contribution in [0.25, 0.3) is 0 Å². The van der Waals surface area contributed by atoms with Crippen molar-refractivity contribution in [1.82, 2.24) is 20.2 Å². The minimum absolute atomic E-state index is 0.215. The Kier molecular flexibility index (Phi) is 11.6. The van der Waals surface area contributed by atoms with Crippen LogP contribution < -0.4 is 21.3 Å². The molecular weight excluding hydrogens is 660 g/mol. The number of nitrogens with one attached hydrogen (secondary N) is 4. The highest BCUT2D eigenvalue weighted by Crippen LogP contribution is 2.29. The van der Waals surface area contributed by atoms with E-state index >= 15 is 0 Å². The van der Waals surface area contributed by atoms with E-state index in [4.69, 9.17) is 16.3 Å². The number of morpholine rings is 1. The first kappa shape index (κ1) is 35.4. The molecule has 1 aromatic heterocycles. The quantitative estimate of drug-likeness (QED) is 0.205. The number of hydrogen-bond acceptors (Lipinski definition) is 9. The normalized spacial score (nSPS) is 14.8. The molecule has 4 N–H and O–H groups in total. The number of urea groups is 1. The summed E-state index contributed by atoms with van der Waals surface area (Å²) in [4.78, 5) is 43.0. The molecule has 2 aromatic carbocycles. The molecule has 2 aliphatic heterocycles. The minimum Gasteiger partial charge on any atom is -0.379 e. The van der Waals surface area contributed by atoms with E-state index in [-0.39, 0.29) is 6.03 Å². The summed E-state index contributed by atoms with van der Waals surface area (Å²) in [6, 6.07) is 13.8. The predicted octanol–water partition coefficient (Wildman–Crippen LogP) is 5.42. The fraction of sp³-hybridized carbons (Fsp3) is 0.345. The molecule has 6 bridgehead atoms. The van der Waals surface area contributed by atoms with Gasteiger partial charge in [-0.15, -0.1) is 0 Å². The fourth-order valence-corrected chi connectivity index (χ4v) is 4.58. The molecule has 1 fully saturated rings. The number of anilines is 5. The molecule has 5 rings (SSSR count). The Bertz CT molecular complexity index is 1580. The number of aryl methyl sites for hydroxylation is 2. The second kappa shape index (κ2) is 15.4. The molecule has 1 saturated heterocycles. The van der Waals surface area contributed by atoms with E-state index in [9.17, 15) is 40.7 Å². The first-order chi connectivity index (χ1) is 22.2. The number of hydrogen-bond donors (Lipinski definition) is 4. The van der Waals surface area contributed by atoms with Gasteiger partial charge < -0.3 is 26.0 Å². The molecule has 2 aliphatic rings. The Morgan fingerprint density at radius 2 is 1.60 bits per heavy atom. The standard InChI is InChI=1S/C25H28ClN7O2.C4F6O2/c26-21-16-28-24-30-19-3-1-2-17(14-19)4-5-18-15-20(29-23(21)32-24)6-7-22(18)31-25(34)27-8-9-33-10-12-35-13-11-33;5-3(6,7)1(11)2(12)4(8,9)10/h1-3,6-7,14-16H,4-5,8-13H2,(H2,27,31,34)(H2,28,29,30,32);. The van der Waals surface area contributed by atoms with Crippen LogP contribution in [0.2, 0.25) is 5.02 Å². The lowest BCUT2D eigenvalue weighted by Crippen LogP contribution is -2.42. The van der Waals surface area contributed by atoms with E-state index in [0.717, 1.165) is 68.3 Å². The van der Waals surface area contributed by atoms with Gasteiger partial charge in [-0.3, -0.25) is 14.5 Å². The smallest absolute Gasteiger partial charge is 0.379 e. The zero-order valence-corrected chi connectivity index (χ0v) is 25.2. The number of carbonyl (C=O) groups excluding carboxylic acids is 3. The maximum Gasteiger partial charge on any atom is 0.458 e. The summed E-state index contributed by atoms with van der Waals surface area (Å²) in [5.41, 5.74) is 4.69. The van der Waals surface area contributed by atoms with Crippen LogP contribution in [0.15, 0.2) is 48.7 Å². The van der Waals surface area contributed by atoms with Crippen LogP contribution in [0, 0.1) is 0 Å². The van der Waals surface area contributed by atoms with Crippen molar-refractivity contribution in [2.75, 3.05) is 55.3 Å². The maximum atomic E-state index is 12.6. The van der Waals surface area contributed by atoms with Gasteiger partial charge in [-0.05, 0) is 54.3 Å². The van der Waals surface area contributed by atoms with Crippen LogP contribution in [0.4, 0.5) is 60.0 Å². The number of halogens is 7. The highest BCUT2D eigenvalue weighted by molar-refractivity contribution is 6.41. The number of benzene rings is 2. The highest BCUT2D eigenvalue weighted by atomic mass is 35.5. The Hall–Kier alpha value is -4.48. The summed E-state index contributed by atoms with van der Waals surface area (Å²) < 4.78 is 72.3. The van der Waals surface area contributed by atoms with Gasteiger partial charge in [-0.2, -0.15) is 31.3 Å². The van der Waals surface area contributed by atoms with Crippen molar-refractivity contribution in [3.63, 3.8) is 0 Å². The molecule has 3 aromatic rings. The Balaban J connectivity index is 0.000000356. The molecule has 0 spiro atoms. The monoisotopic (exact) mass is 687 g/mol. The lowest BCUT2D eigenvalue weighted by molar-refractivity contribution is -0.193. The van der Waals surface area contributed by atoms with Gasteiger partial charge in [-0.25, -0.2) is 9.78 Å². The van der Waals surface area contributed by atoms with Crippen molar-refractivity contribution in [2.45, 2.75) is 25.2 Å². The van der Waals surface area contributed by atoms with Crippen molar-refractivity contribution in [2.24, 2.45) is 0 Å². The second-order valence-corrected chi connectivity index (χ2v) is 10.6. The van der Waals surface area contributed by atoms with Crippen molar-refractivity contribution in [3.05, 3.63) is 64.8 Å². The van der Waals surface area contributed by atoms with Crippen molar-refractivity contribution >= 4 is 58.0 Å². The van der Waals surface area contributed by atoms with E-state index in [1.165, 1.54) is 5.56 Å². The van der Waals surface area contributed by atoms with Crippen LogP contribution in [0.5, 0.6) is 0 Å². The van der Waals surface area contributed by atoms with E-state index in [1.807, 2.05) is 30.3 Å². The predicted molar refractivity (Wildman–Crippen MR) is 160 cm³/mol. The number of fused-ring (bicyclic) bond motifs is 6. The summed E-state index contributed by atoms with van der Waals surface area (Å²) in [6.45, 7) is 4.67. The van der Waals surface area contributed by atoms with E-state index < -0.39 is 23.9 Å². The molecule has 0 atom stereocenters. The average Bonchev–Trinajstić information content (AvgIpc) is 3.02. The first-order valence-corrected chi connectivity index (χ1v) is 14.4. The third-order valence-corrected chi connectivity index (χ3v) is 7.04. The number of Topliss-reactive ketones (excluding diaryl/α,β-unsaturated/α-hetero) is 2. The van der Waals surface area contributed by atoms with Gasteiger partial charge in [0.2, 0.25) is 5.95 Å². The first-order valence-electron chi connectivity index (χ1n) is 14.0. The van der Waals surface area contributed by atoms with Crippen LogP contribution in [0.3, 0.4) is 0 Å². The fourth-order valence-electron chi connectivity index (χ4n) is 4.44. The van der Waals surface area contributed by atoms with Gasteiger partial charge in [0.05, 0.1) is 19.4 Å². The van der Waals surface area contributed by atoms with Gasteiger partial charge in [0.25, 0.3) is 0 Å². The van der Waals surface area contributed by atoms with Crippen LogP contribution in [-0.4, -0.2) is 84.2 Å². The number of amides is 2. The average molecular weight is 688 g/mol. The Morgan fingerprint density at radius 1 is 0.915 bits per heavy atom. The molecule has 2 amide bonds. The molecule has 3 heterocycles. The van der Waals surface area contributed by atoms with Crippen molar-refractivity contribution < 1.29 is 45.5 Å². The number of rotatable bonds is 5. The second-order valence-electron chi connectivity index (χ2n) is 10.2. The van der Waals surface area contributed by atoms with E-state index in [2.05, 4.69) is 48.3 Å². The number of alkyl halides is 6. The zero-order chi connectivity index (χ0) is 34.2. The third kappa shape index (κ3) is 10.5. The lowest BCUT2D eigenvalue weighted by atomic mass is 10.0. The summed E-state index contributed by atoms with van der Waals surface area (Å²) in [5, 5.41) is 12.9. The molecule has 0 aliphatic carbocycles. The van der Waals surface area contributed by atoms with Crippen molar-refractivity contribution in [1.29, 1.82) is 0 Å². The van der Waals surface area contributed by atoms with Gasteiger partial charge in [0, 0.05) is 43.2 Å². The molecule has 18 heteroatoms. The molecule has 47 heavy (non-hydrogen) atoms. The highest BCUT2D eigenvalue weighted by Gasteiger charge is 2.54. The van der Waals surface area contributed by atoms with Crippen LogP contribution in [-0.2, 0) is 27.2 Å². The molecule has 252 valence electrons. The minimum atomic E-state index is -5.77. The Labute approximate surface area is 269 Å². The molecule has 11 nitrogen and oxygen atoms in total. The number of carbonyl (C=O) groups is 3. The largest absolute Gasteiger partial charge is 0.458 e. The van der Waals surface area contributed by atoms with Gasteiger partial charge >= 0.3 is 30.0 Å². The Morgan fingerprint density at radius 3 is 2.28 bits per heavy atom. The topological polar surface area (TPSA) is 138 Å². The van der Waals surface area contributed by atoms with E-state index in [0.29, 0.717) is 23.3 Å². The number of nitrogens with zero attached hydrogens (tertiary/aromatic N) is 3.